The quantitative estimate of drug-likeness (QED) is 0.834. The van der Waals surface area contributed by atoms with Crippen molar-refractivity contribution in [1.29, 1.82) is 0 Å². The van der Waals surface area contributed by atoms with E-state index in [0.29, 0.717) is 10.6 Å². The summed E-state index contributed by atoms with van der Waals surface area (Å²) in [6, 6.07) is 8.07. The molecule has 0 bridgehead atoms. The van der Waals surface area contributed by atoms with Gasteiger partial charge in [-0.15, -0.1) is 0 Å². The average molecular weight is 292 g/mol. The normalized spacial score (nSPS) is 15.6. The highest BCUT2D eigenvalue weighted by atomic mass is 32.1. The summed E-state index contributed by atoms with van der Waals surface area (Å²) >= 11 is 5.19. The van der Waals surface area contributed by atoms with Crippen molar-refractivity contribution in [3.05, 3.63) is 34.9 Å². The Hall–Kier alpha value is -1.70. The lowest BCUT2D eigenvalue weighted by Gasteiger charge is -2.28. The smallest absolute Gasteiger partial charge is 0.199 e. The predicted molar refractivity (Wildman–Crippen MR) is 77.7 cm³/mol. The van der Waals surface area contributed by atoms with Gasteiger partial charge in [0.25, 0.3) is 0 Å². The van der Waals surface area contributed by atoms with Crippen molar-refractivity contribution in [3.8, 4) is 5.69 Å². The van der Waals surface area contributed by atoms with Crippen LogP contribution in [0.5, 0.6) is 0 Å². The number of hydrogen-bond donors (Lipinski definition) is 2. The molecule has 106 valence electrons. The van der Waals surface area contributed by atoms with Crippen molar-refractivity contribution < 1.29 is 9.84 Å². The van der Waals surface area contributed by atoms with Crippen LogP contribution in [0.2, 0.25) is 0 Å². The van der Waals surface area contributed by atoms with Gasteiger partial charge in [0.2, 0.25) is 0 Å². The van der Waals surface area contributed by atoms with E-state index in [2.05, 4.69) is 27.2 Å². The summed E-state index contributed by atoms with van der Waals surface area (Å²) < 4.78 is 7.56. The summed E-state index contributed by atoms with van der Waals surface area (Å²) in [5, 5.41) is 16.0. The molecular formula is C13H16N4O2S. The molecule has 0 unspecified atom stereocenters. The number of aromatic amines is 1. The van der Waals surface area contributed by atoms with Gasteiger partial charge in [0.1, 0.15) is 6.61 Å². The van der Waals surface area contributed by atoms with Crippen LogP contribution in [0.3, 0.4) is 0 Å². The van der Waals surface area contributed by atoms with Crippen LogP contribution < -0.4 is 4.90 Å². The van der Waals surface area contributed by atoms with Crippen molar-refractivity contribution in [1.82, 2.24) is 14.8 Å². The average Bonchev–Trinajstić information content (AvgIpc) is 2.89. The van der Waals surface area contributed by atoms with Gasteiger partial charge in [-0.2, -0.15) is 5.10 Å². The highest BCUT2D eigenvalue weighted by Gasteiger charge is 2.12. The third-order valence-corrected chi connectivity index (χ3v) is 3.64. The number of nitrogens with zero attached hydrogens (tertiary/aromatic N) is 3. The molecule has 6 nitrogen and oxygen atoms in total. The van der Waals surface area contributed by atoms with Crippen molar-refractivity contribution >= 4 is 17.9 Å². The summed E-state index contributed by atoms with van der Waals surface area (Å²) in [5.74, 6) is 0.508. The van der Waals surface area contributed by atoms with Crippen LogP contribution in [0.4, 0.5) is 5.69 Å². The van der Waals surface area contributed by atoms with Gasteiger partial charge >= 0.3 is 0 Å². The molecule has 1 saturated heterocycles. The number of aromatic nitrogens is 3. The molecule has 20 heavy (non-hydrogen) atoms. The number of ether oxygens (including phenoxy) is 1. The van der Waals surface area contributed by atoms with Crippen LogP contribution >= 0.6 is 12.2 Å². The minimum absolute atomic E-state index is 0.154. The molecule has 2 aromatic rings. The van der Waals surface area contributed by atoms with Crippen molar-refractivity contribution in [2.24, 2.45) is 0 Å². The lowest BCUT2D eigenvalue weighted by atomic mass is 10.2. The minimum atomic E-state index is -0.154. The molecule has 0 atom stereocenters. The number of nitrogens with one attached hydrogen (secondary N) is 1. The zero-order valence-electron chi connectivity index (χ0n) is 11.0. The number of H-pyrrole nitrogens is 1. The number of hydrogen-bond acceptors (Lipinski definition) is 5. The van der Waals surface area contributed by atoms with E-state index in [1.54, 1.807) is 4.57 Å². The number of benzene rings is 1. The molecule has 3 rings (SSSR count). The summed E-state index contributed by atoms with van der Waals surface area (Å²) in [4.78, 5) is 2.29. The molecule has 1 aromatic heterocycles. The van der Waals surface area contributed by atoms with E-state index in [1.165, 1.54) is 0 Å². The van der Waals surface area contributed by atoms with Gasteiger partial charge in [-0.05, 0) is 36.5 Å². The molecular weight excluding hydrogens is 276 g/mol. The van der Waals surface area contributed by atoms with Crippen LogP contribution in [0.1, 0.15) is 5.82 Å². The lowest BCUT2D eigenvalue weighted by molar-refractivity contribution is 0.122. The largest absolute Gasteiger partial charge is 0.388 e. The third kappa shape index (κ3) is 2.47. The Morgan fingerprint density at radius 1 is 1.20 bits per heavy atom. The Morgan fingerprint density at radius 3 is 2.50 bits per heavy atom. The summed E-state index contributed by atoms with van der Waals surface area (Å²) in [6.07, 6.45) is 0. The maximum atomic E-state index is 9.28. The maximum Gasteiger partial charge on any atom is 0.199 e. The summed E-state index contributed by atoms with van der Waals surface area (Å²) in [7, 11) is 0. The Kier molecular flexibility index (Phi) is 3.81. The number of aliphatic hydroxyl groups excluding tert-OH is 1. The molecule has 0 spiro atoms. The van der Waals surface area contributed by atoms with Crippen molar-refractivity contribution in [2.45, 2.75) is 6.61 Å². The first-order valence-corrected chi connectivity index (χ1v) is 6.90. The Morgan fingerprint density at radius 2 is 1.85 bits per heavy atom. The van der Waals surface area contributed by atoms with E-state index < -0.39 is 0 Å². The molecule has 0 aliphatic carbocycles. The molecule has 2 heterocycles. The first kappa shape index (κ1) is 13.3. The molecule has 1 aliphatic heterocycles. The number of aliphatic hydroxyl groups is 1. The van der Waals surface area contributed by atoms with E-state index in [-0.39, 0.29) is 6.61 Å². The molecule has 1 aliphatic rings. The van der Waals surface area contributed by atoms with Crippen molar-refractivity contribution in [3.63, 3.8) is 0 Å². The fraction of sp³-hybridized carbons (Fsp3) is 0.385. The number of morpholine rings is 1. The third-order valence-electron chi connectivity index (χ3n) is 3.37. The summed E-state index contributed by atoms with van der Waals surface area (Å²) in [6.45, 7) is 3.20. The van der Waals surface area contributed by atoms with Gasteiger partial charge in [-0.1, -0.05) is 0 Å². The Bertz CT molecular complexity index is 629. The molecule has 0 saturated carbocycles. The second-order valence-electron chi connectivity index (χ2n) is 4.55. The number of rotatable bonds is 3. The molecule has 1 aromatic carbocycles. The Labute approximate surface area is 121 Å². The van der Waals surface area contributed by atoms with E-state index in [4.69, 9.17) is 17.0 Å². The van der Waals surface area contributed by atoms with Gasteiger partial charge in [0, 0.05) is 24.5 Å². The van der Waals surface area contributed by atoms with E-state index in [1.807, 2.05) is 12.1 Å². The highest BCUT2D eigenvalue weighted by Crippen LogP contribution is 2.19. The standard InChI is InChI=1S/C13H16N4O2S/c18-9-12-14-15-13(20)17(12)11-3-1-10(2-4-11)16-5-7-19-8-6-16/h1-4,18H,5-9H2,(H,15,20). The van der Waals surface area contributed by atoms with Crippen LogP contribution in [0.15, 0.2) is 24.3 Å². The van der Waals surface area contributed by atoms with Crippen LogP contribution in [-0.2, 0) is 11.3 Å². The first-order valence-electron chi connectivity index (χ1n) is 6.50. The summed E-state index contributed by atoms with van der Waals surface area (Å²) in [5.41, 5.74) is 2.06. The maximum absolute atomic E-state index is 9.28. The van der Waals surface area contributed by atoms with E-state index in [0.717, 1.165) is 37.7 Å². The second-order valence-corrected chi connectivity index (χ2v) is 4.94. The fourth-order valence-electron chi connectivity index (χ4n) is 2.34. The highest BCUT2D eigenvalue weighted by molar-refractivity contribution is 7.71. The van der Waals surface area contributed by atoms with Crippen LogP contribution in [0, 0.1) is 4.77 Å². The van der Waals surface area contributed by atoms with E-state index in [9.17, 15) is 5.11 Å². The second kappa shape index (κ2) is 5.74. The van der Waals surface area contributed by atoms with Gasteiger partial charge in [0.15, 0.2) is 10.6 Å². The molecule has 0 amide bonds. The topological polar surface area (TPSA) is 66.3 Å². The van der Waals surface area contributed by atoms with E-state index >= 15 is 0 Å². The van der Waals surface area contributed by atoms with Gasteiger partial charge in [0.05, 0.1) is 13.2 Å². The lowest BCUT2D eigenvalue weighted by Crippen LogP contribution is -2.36. The zero-order valence-corrected chi connectivity index (χ0v) is 11.8. The monoisotopic (exact) mass is 292 g/mol. The molecule has 2 N–H and O–H groups in total. The van der Waals surface area contributed by atoms with Gasteiger partial charge in [-0.25, -0.2) is 0 Å². The van der Waals surface area contributed by atoms with Crippen molar-refractivity contribution in [2.75, 3.05) is 31.2 Å². The van der Waals surface area contributed by atoms with Crippen LogP contribution in [0.25, 0.3) is 5.69 Å². The predicted octanol–water partition coefficient (Wildman–Crippen LogP) is 1.26. The molecule has 1 fully saturated rings. The fourth-order valence-corrected chi connectivity index (χ4v) is 2.59. The van der Waals surface area contributed by atoms with Gasteiger partial charge in [-0.3, -0.25) is 9.67 Å². The minimum Gasteiger partial charge on any atom is -0.388 e. The number of anilines is 1. The molecule has 7 heteroatoms. The van der Waals surface area contributed by atoms with Crippen LogP contribution in [-0.4, -0.2) is 46.2 Å². The zero-order chi connectivity index (χ0) is 13.9. The first-order chi connectivity index (χ1) is 9.79. The SMILES string of the molecule is OCc1n[nH]c(=S)n1-c1ccc(N2CCOCC2)cc1. The van der Waals surface area contributed by atoms with Gasteiger partial charge < -0.3 is 14.7 Å². The molecule has 0 radical (unpaired) electrons. The Balaban J connectivity index is 1.89.